The lowest BCUT2D eigenvalue weighted by Gasteiger charge is -2.42. The highest BCUT2D eigenvalue weighted by Gasteiger charge is 2.43. The van der Waals surface area contributed by atoms with Crippen LogP contribution in [0.1, 0.15) is 31.2 Å². The molecule has 3 fully saturated rings. The summed E-state index contributed by atoms with van der Waals surface area (Å²) in [6.45, 7) is 4.47. The van der Waals surface area contributed by atoms with Gasteiger partial charge in [0.1, 0.15) is 0 Å². The molecule has 1 saturated heterocycles. The minimum atomic E-state index is -1.15. The van der Waals surface area contributed by atoms with Gasteiger partial charge in [0.15, 0.2) is 5.82 Å². The van der Waals surface area contributed by atoms with Gasteiger partial charge in [-0.3, -0.25) is 10.6 Å². The molecular weight excluding hydrogens is 448 g/mol. The predicted octanol–water partition coefficient (Wildman–Crippen LogP) is 2.95. The van der Waals surface area contributed by atoms with Crippen LogP contribution in [-0.2, 0) is 5.79 Å². The van der Waals surface area contributed by atoms with Gasteiger partial charge >= 0.3 is 0 Å². The number of piperazine rings is 1. The molecule has 8 heteroatoms. The van der Waals surface area contributed by atoms with Crippen LogP contribution >= 0.6 is 0 Å². The van der Waals surface area contributed by atoms with Crippen molar-refractivity contribution >= 4 is 28.2 Å². The Bertz CT molecular complexity index is 1290. The molecule has 2 bridgehead atoms. The van der Waals surface area contributed by atoms with Gasteiger partial charge in [-0.15, -0.1) is 0 Å². The number of nitrogens with two attached hydrogens (primary N) is 2. The van der Waals surface area contributed by atoms with E-state index in [9.17, 15) is 0 Å². The third kappa shape index (κ3) is 3.63. The summed E-state index contributed by atoms with van der Waals surface area (Å²) in [4.78, 5) is 14.4. The highest BCUT2D eigenvalue weighted by Crippen LogP contribution is 2.46. The van der Waals surface area contributed by atoms with E-state index in [1.807, 2.05) is 24.3 Å². The third-order valence-electron chi connectivity index (χ3n) is 8.82. The Hall–Kier alpha value is -3.20. The first-order valence-corrected chi connectivity index (χ1v) is 13.2. The summed E-state index contributed by atoms with van der Waals surface area (Å²) in [6, 6.07) is 19.3. The number of rotatable bonds is 4. The summed E-state index contributed by atoms with van der Waals surface area (Å²) in [5, 5.41) is 3.75. The molecule has 4 unspecified atom stereocenters. The van der Waals surface area contributed by atoms with Crippen LogP contribution in [0, 0.1) is 11.8 Å². The molecule has 36 heavy (non-hydrogen) atoms. The number of hydrazine groups is 1. The van der Waals surface area contributed by atoms with Gasteiger partial charge in [0, 0.05) is 55.1 Å². The average Bonchev–Trinajstić information content (AvgIpc) is 3.64. The smallest absolute Gasteiger partial charge is 0.215 e. The highest BCUT2D eigenvalue weighted by atomic mass is 15.7. The lowest BCUT2D eigenvalue weighted by Crippen LogP contribution is -2.53. The van der Waals surface area contributed by atoms with Crippen LogP contribution in [0.5, 0.6) is 0 Å². The summed E-state index contributed by atoms with van der Waals surface area (Å²) < 4.78 is 0. The van der Waals surface area contributed by atoms with E-state index < -0.39 is 5.79 Å². The summed E-state index contributed by atoms with van der Waals surface area (Å²) in [7, 11) is 0. The van der Waals surface area contributed by atoms with E-state index in [4.69, 9.17) is 11.5 Å². The zero-order valence-electron chi connectivity index (χ0n) is 20.6. The van der Waals surface area contributed by atoms with Crippen LogP contribution in [0.4, 0.5) is 11.5 Å². The Kier molecular flexibility index (Phi) is 5.16. The topological polar surface area (TPSA) is 99.0 Å². The molecular formula is C28H34N8. The van der Waals surface area contributed by atoms with Crippen LogP contribution in [-0.4, -0.2) is 48.1 Å². The number of benzene rings is 2. The fraction of sp³-hybridized carbons (Fsp3) is 0.429. The molecule has 2 aliphatic heterocycles. The molecule has 7 rings (SSSR count). The number of aromatic nitrogens is 1. The number of anilines is 2. The molecule has 3 aromatic rings. The molecule has 0 spiro atoms. The normalized spacial score (nSPS) is 30.4. The van der Waals surface area contributed by atoms with Gasteiger partial charge < -0.3 is 10.6 Å². The number of guanidine groups is 1. The first kappa shape index (κ1) is 22.0. The molecule has 1 aromatic heterocycles. The standard InChI is InChI=1S/C28H34N8/c29-27-32-28(30,33-36(27)26-24-4-2-1-3-20(24)11-12-31-26)22-7-9-23(10-8-22)34-13-15-35(16-14-34)25-18-19-5-6-21(25)17-19/h1-4,7-12,19,21,25,33H,5-6,13-18,30H2,(H2,29,32). The minimum absolute atomic E-state index is 0.294. The number of fused-ring (bicyclic) bond motifs is 3. The number of hydrogen-bond donors (Lipinski definition) is 3. The second-order valence-corrected chi connectivity index (χ2v) is 10.9. The van der Waals surface area contributed by atoms with Crippen molar-refractivity contribution in [1.29, 1.82) is 0 Å². The van der Waals surface area contributed by atoms with Crippen LogP contribution in [0.2, 0.25) is 0 Å². The largest absolute Gasteiger partial charge is 0.369 e. The Balaban J connectivity index is 1.05. The van der Waals surface area contributed by atoms with Crippen molar-refractivity contribution in [2.75, 3.05) is 36.1 Å². The fourth-order valence-corrected chi connectivity index (χ4v) is 6.95. The van der Waals surface area contributed by atoms with Gasteiger partial charge in [-0.2, -0.15) is 5.43 Å². The molecule has 2 aromatic carbocycles. The molecule has 0 radical (unpaired) electrons. The quantitative estimate of drug-likeness (QED) is 0.526. The van der Waals surface area contributed by atoms with Gasteiger partial charge in [0.05, 0.1) is 0 Å². The van der Waals surface area contributed by atoms with Crippen LogP contribution in [0.3, 0.4) is 0 Å². The zero-order chi connectivity index (χ0) is 24.3. The summed E-state index contributed by atoms with van der Waals surface area (Å²) in [5.41, 5.74) is 18.4. The van der Waals surface area contributed by atoms with E-state index in [1.165, 1.54) is 31.4 Å². The van der Waals surface area contributed by atoms with Crippen LogP contribution in [0.25, 0.3) is 10.8 Å². The number of aliphatic imine (C=N–C) groups is 1. The van der Waals surface area contributed by atoms with E-state index in [0.29, 0.717) is 11.8 Å². The monoisotopic (exact) mass is 482 g/mol. The van der Waals surface area contributed by atoms with E-state index in [2.05, 4.69) is 55.5 Å². The van der Waals surface area contributed by atoms with Crippen LogP contribution in [0.15, 0.2) is 65.8 Å². The van der Waals surface area contributed by atoms with Gasteiger partial charge in [0.25, 0.3) is 0 Å². The fourth-order valence-electron chi connectivity index (χ4n) is 6.95. The first-order valence-electron chi connectivity index (χ1n) is 13.2. The molecule has 0 amide bonds. The molecule has 3 heterocycles. The van der Waals surface area contributed by atoms with Gasteiger partial charge in [0.2, 0.25) is 11.7 Å². The Morgan fingerprint density at radius 1 is 0.917 bits per heavy atom. The second-order valence-electron chi connectivity index (χ2n) is 10.9. The summed E-state index contributed by atoms with van der Waals surface area (Å²) in [5.74, 6) is 1.79. The van der Waals surface area contributed by atoms with Gasteiger partial charge in [-0.25, -0.2) is 15.0 Å². The maximum atomic E-state index is 6.72. The molecule has 4 atom stereocenters. The average molecular weight is 483 g/mol. The molecule has 2 aliphatic carbocycles. The second kappa shape index (κ2) is 8.44. The third-order valence-corrected chi connectivity index (χ3v) is 8.82. The Morgan fingerprint density at radius 3 is 2.47 bits per heavy atom. The highest BCUT2D eigenvalue weighted by molar-refractivity contribution is 6.03. The van der Waals surface area contributed by atoms with Gasteiger partial charge in [-0.05, 0) is 54.7 Å². The molecule has 4 aliphatic rings. The molecule has 186 valence electrons. The van der Waals surface area contributed by atoms with Crippen molar-refractivity contribution in [3.63, 3.8) is 0 Å². The first-order chi connectivity index (χ1) is 17.6. The maximum Gasteiger partial charge on any atom is 0.215 e. The van der Waals surface area contributed by atoms with Crippen molar-refractivity contribution in [2.24, 2.45) is 28.3 Å². The SMILES string of the molecule is NC1=NC(N)(c2ccc(N3CCN(C4CC5CCC4C5)CC3)cc2)NN1c1nccc2ccccc12. The number of pyridine rings is 1. The summed E-state index contributed by atoms with van der Waals surface area (Å²) >= 11 is 0. The van der Waals surface area contributed by atoms with Crippen LogP contribution < -0.4 is 26.8 Å². The van der Waals surface area contributed by atoms with Crippen molar-refractivity contribution < 1.29 is 0 Å². The molecule has 2 saturated carbocycles. The summed E-state index contributed by atoms with van der Waals surface area (Å²) in [6.07, 6.45) is 7.60. The van der Waals surface area contributed by atoms with Crippen molar-refractivity contribution in [3.05, 3.63) is 66.4 Å². The number of nitrogens with zero attached hydrogens (tertiary/aromatic N) is 5. The zero-order valence-corrected chi connectivity index (χ0v) is 20.6. The van der Waals surface area contributed by atoms with Crippen molar-refractivity contribution in [3.8, 4) is 0 Å². The molecule has 8 nitrogen and oxygen atoms in total. The van der Waals surface area contributed by atoms with Crippen molar-refractivity contribution in [1.82, 2.24) is 15.3 Å². The lowest BCUT2D eigenvalue weighted by molar-refractivity contribution is 0.135. The number of nitrogens with one attached hydrogen (secondary N) is 1. The van der Waals surface area contributed by atoms with E-state index in [0.717, 1.165) is 60.4 Å². The van der Waals surface area contributed by atoms with E-state index >= 15 is 0 Å². The lowest BCUT2D eigenvalue weighted by atomic mass is 9.93. The number of hydrogen-bond acceptors (Lipinski definition) is 8. The van der Waals surface area contributed by atoms with Gasteiger partial charge in [-0.1, -0.05) is 42.8 Å². The Morgan fingerprint density at radius 2 is 1.72 bits per heavy atom. The predicted molar refractivity (Wildman–Crippen MR) is 144 cm³/mol. The molecule has 5 N–H and O–H groups in total. The van der Waals surface area contributed by atoms with E-state index in [1.54, 1.807) is 11.2 Å². The van der Waals surface area contributed by atoms with E-state index in [-0.39, 0.29) is 0 Å². The van der Waals surface area contributed by atoms with Crippen molar-refractivity contribution in [2.45, 2.75) is 37.5 Å². The Labute approximate surface area is 211 Å². The maximum absolute atomic E-state index is 6.72. The minimum Gasteiger partial charge on any atom is -0.369 e.